The lowest BCUT2D eigenvalue weighted by molar-refractivity contribution is -0.143. The van der Waals surface area contributed by atoms with E-state index in [0.29, 0.717) is 33.8 Å². The first-order chi connectivity index (χ1) is 12.0. The number of thiazole rings is 1. The van der Waals surface area contributed by atoms with Crippen molar-refractivity contribution in [1.29, 1.82) is 0 Å². The van der Waals surface area contributed by atoms with Crippen LogP contribution in [0.4, 0.5) is 10.8 Å². The van der Waals surface area contributed by atoms with Gasteiger partial charge >= 0.3 is 5.97 Å². The summed E-state index contributed by atoms with van der Waals surface area (Å²) in [7, 11) is 0. The summed E-state index contributed by atoms with van der Waals surface area (Å²) >= 11 is 13.1. The van der Waals surface area contributed by atoms with Crippen LogP contribution >= 0.6 is 34.5 Å². The lowest BCUT2D eigenvalue weighted by Gasteiger charge is -2.32. The van der Waals surface area contributed by atoms with Crippen molar-refractivity contribution < 1.29 is 14.7 Å². The van der Waals surface area contributed by atoms with E-state index in [1.54, 1.807) is 23.6 Å². The second-order valence-electron chi connectivity index (χ2n) is 5.64. The maximum absolute atomic E-state index is 12.6. The Morgan fingerprint density at radius 2 is 2.08 bits per heavy atom. The second kappa shape index (κ2) is 7.59. The monoisotopic (exact) mass is 399 g/mol. The van der Waals surface area contributed by atoms with Gasteiger partial charge in [0.2, 0.25) is 0 Å². The Kier molecular flexibility index (Phi) is 5.46. The van der Waals surface area contributed by atoms with Crippen LogP contribution in [0.5, 0.6) is 0 Å². The molecule has 25 heavy (non-hydrogen) atoms. The average molecular weight is 400 g/mol. The zero-order chi connectivity index (χ0) is 18.0. The molecule has 0 saturated carbocycles. The Bertz CT molecular complexity index is 812. The number of rotatable bonds is 4. The molecule has 6 nitrogen and oxygen atoms in total. The number of benzene rings is 1. The van der Waals surface area contributed by atoms with E-state index in [0.717, 1.165) is 12.8 Å². The molecule has 0 radical (unpaired) electrons. The molecule has 1 saturated heterocycles. The van der Waals surface area contributed by atoms with Gasteiger partial charge in [0, 0.05) is 17.6 Å². The van der Waals surface area contributed by atoms with Crippen molar-refractivity contribution in [2.75, 3.05) is 11.9 Å². The largest absolute Gasteiger partial charge is 0.480 e. The SMILES string of the molecule is O=C(O)C1CCCCN1C(=O)c1csc(Nc2ccc(Cl)c(Cl)c2)n1. The summed E-state index contributed by atoms with van der Waals surface area (Å²) in [5, 5.41) is 15.4. The van der Waals surface area contributed by atoms with Crippen LogP contribution < -0.4 is 5.32 Å². The maximum atomic E-state index is 12.6. The third-order valence-corrected chi connectivity index (χ3v) is 5.44. The molecule has 0 aliphatic carbocycles. The molecule has 0 bridgehead atoms. The van der Waals surface area contributed by atoms with Crippen LogP contribution in [-0.2, 0) is 4.79 Å². The van der Waals surface area contributed by atoms with Crippen molar-refractivity contribution in [3.05, 3.63) is 39.3 Å². The van der Waals surface area contributed by atoms with E-state index in [9.17, 15) is 14.7 Å². The first-order valence-corrected chi connectivity index (χ1v) is 9.30. The zero-order valence-corrected chi connectivity index (χ0v) is 15.4. The van der Waals surface area contributed by atoms with Gasteiger partial charge in [-0.05, 0) is 37.5 Å². The number of nitrogens with zero attached hydrogens (tertiary/aromatic N) is 2. The van der Waals surface area contributed by atoms with E-state index in [1.165, 1.54) is 16.2 Å². The van der Waals surface area contributed by atoms with Crippen LogP contribution in [0.15, 0.2) is 23.6 Å². The Morgan fingerprint density at radius 1 is 1.28 bits per heavy atom. The molecule has 2 heterocycles. The van der Waals surface area contributed by atoms with Gasteiger partial charge in [0.25, 0.3) is 5.91 Å². The lowest BCUT2D eigenvalue weighted by Crippen LogP contribution is -2.48. The van der Waals surface area contributed by atoms with Crippen LogP contribution in [0.1, 0.15) is 29.8 Å². The average Bonchev–Trinajstić information content (AvgIpc) is 3.06. The van der Waals surface area contributed by atoms with Crippen LogP contribution in [0.2, 0.25) is 10.0 Å². The van der Waals surface area contributed by atoms with Gasteiger partial charge < -0.3 is 15.3 Å². The second-order valence-corrected chi connectivity index (χ2v) is 7.31. The fourth-order valence-corrected chi connectivity index (χ4v) is 3.71. The van der Waals surface area contributed by atoms with Gasteiger partial charge in [0.15, 0.2) is 5.13 Å². The molecule has 132 valence electrons. The molecule has 1 atom stereocenters. The normalized spacial score (nSPS) is 17.4. The lowest BCUT2D eigenvalue weighted by atomic mass is 10.0. The fourth-order valence-electron chi connectivity index (χ4n) is 2.71. The van der Waals surface area contributed by atoms with E-state index in [1.807, 2.05) is 0 Å². The summed E-state index contributed by atoms with van der Waals surface area (Å²) in [5.74, 6) is -1.33. The van der Waals surface area contributed by atoms with E-state index in [2.05, 4.69) is 10.3 Å². The molecule has 1 fully saturated rings. The smallest absolute Gasteiger partial charge is 0.326 e. The number of hydrogen-bond acceptors (Lipinski definition) is 5. The summed E-state index contributed by atoms with van der Waals surface area (Å²) in [5.41, 5.74) is 0.935. The van der Waals surface area contributed by atoms with E-state index in [-0.39, 0.29) is 11.6 Å². The highest BCUT2D eigenvalue weighted by Gasteiger charge is 2.33. The Labute approximate surface area is 158 Å². The van der Waals surface area contributed by atoms with Crippen molar-refractivity contribution in [3.63, 3.8) is 0 Å². The van der Waals surface area contributed by atoms with Gasteiger partial charge in [-0.25, -0.2) is 9.78 Å². The number of carbonyl (C=O) groups is 2. The number of carboxylic acid groups (broad SMARTS) is 1. The highest BCUT2D eigenvalue weighted by Crippen LogP contribution is 2.28. The van der Waals surface area contributed by atoms with Crippen LogP contribution in [-0.4, -0.2) is 39.5 Å². The topological polar surface area (TPSA) is 82.5 Å². The molecule has 1 aromatic heterocycles. The third-order valence-electron chi connectivity index (χ3n) is 3.94. The van der Waals surface area contributed by atoms with E-state index in [4.69, 9.17) is 23.2 Å². The molecular weight excluding hydrogens is 385 g/mol. The predicted octanol–water partition coefficient (Wildman–Crippen LogP) is 4.27. The predicted molar refractivity (Wildman–Crippen MR) is 98.2 cm³/mol. The van der Waals surface area contributed by atoms with Crippen molar-refractivity contribution in [3.8, 4) is 0 Å². The van der Waals surface area contributed by atoms with Crippen molar-refractivity contribution in [2.24, 2.45) is 0 Å². The minimum atomic E-state index is -0.975. The molecule has 2 N–H and O–H groups in total. The number of aliphatic carboxylic acids is 1. The first kappa shape index (κ1) is 18.0. The minimum absolute atomic E-state index is 0.237. The molecule has 1 amide bonds. The van der Waals surface area contributed by atoms with Crippen molar-refractivity contribution >= 4 is 57.2 Å². The number of carboxylic acids is 1. The first-order valence-electron chi connectivity index (χ1n) is 7.67. The molecule has 1 aromatic carbocycles. The number of carbonyl (C=O) groups excluding carboxylic acids is 1. The Hall–Kier alpha value is -1.83. The van der Waals surface area contributed by atoms with Crippen molar-refractivity contribution in [1.82, 2.24) is 9.88 Å². The molecule has 1 aliphatic rings. The Morgan fingerprint density at radius 3 is 2.80 bits per heavy atom. The third kappa shape index (κ3) is 4.05. The molecule has 1 aliphatic heterocycles. The van der Waals surface area contributed by atoms with E-state index < -0.39 is 12.0 Å². The zero-order valence-electron chi connectivity index (χ0n) is 13.0. The summed E-state index contributed by atoms with van der Waals surface area (Å²) in [4.78, 5) is 29.6. The number of amides is 1. The number of anilines is 2. The molecule has 2 aromatic rings. The van der Waals surface area contributed by atoms with Crippen LogP contribution in [0, 0.1) is 0 Å². The highest BCUT2D eigenvalue weighted by molar-refractivity contribution is 7.14. The maximum Gasteiger partial charge on any atom is 0.326 e. The molecule has 3 rings (SSSR count). The molecule has 1 unspecified atom stereocenters. The van der Waals surface area contributed by atoms with Crippen LogP contribution in [0.25, 0.3) is 0 Å². The summed E-state index contributed by atoms with van der Waals surface area (Å²) < 4.78 is 0. The number of hydrogen-bond donors (Lipinski definition) is 2. The number of piperidine rings is 1. The van der Waals surface area contributed by atoms with Gasteiger partial charge in [0.05, 0.1) is 10.0 Å². The summed E-state index contributed by atoms with van der Waals surface area (Å²) in [6.07, 6.45) is 2.08. The van der Waals surface area contributed by atoms with Crippen molar-refractivity contribution in [2.45, 2.75) is 25.3 Å². The van der Waals surface area contributed by atoms with E-state index >= 15 is 0 Å². The number of aromatic nitrogens is 1. The number of halogens is 2. The quantitative estimate of drug-likeness (QED) is 0.801. The van der Waals surface area contributed by atoms with Gasteiger partial charge in [-0.15, -0.1) is 11.3 Å². The van der Waals surface area contributed by atoms with Crippen LogP contribution in [0.3, 0.4) is 0 Å². The van der Waals surface area contributed by atoms with Gasteiger partial charge in [-0.2, -0.15) is 0 Å². The van der Waals surface area contributed by atoms with Gasteiger partial charge in [-0.3, -0.25) is 4.79 Å². The standard InChI is InChI=1S/C16H15Cl2N3O3S/c17-10-5-4-9(7-11(10)18)19-16-20-12(8-25-16)14(22)21-6-2-1-3-13(21)15(23)24/h4-5,7-8,13H,1-3,6H2,(H,19,20)(H,23,24). The fraction of sp³-hybridized carbons (Fsp3) is 0.312. The summed E-state index contributed by atoms with van der Waals surface area (Å²) in [6.45, 7) is 0.433. The molecular formula is C16H15Cl2N3O3S. The number of nitrogens with one attached hydrogen (secondary N) is 1. The summed E-state index contributed by atoms with van der Waals surface area (Å²) in [6, 6.07) is 4.30. The molecule has 0 spiro atoms. The minimum Gasteiger partial charge on any atom is -0.480 e. The number of likely N-dealkylation sites (tertiary alicyclic amines) is 1. The van der Waals surface area contributed by atoms with Gasteiger partial charge in [0.1, 0.15) is 11.7 Å². The van der Waals surface area contributed by atoms with Gasteiger partial charge in [-0.1, -0.05) is 23.2 Å². The molecule has 9 heteroatoms. The highest BCUT2D eigenvalue weighted by atomic mass is 35.5. The Balaban J connectivity index is 1.74.